The highest BCUT2D eigenvalue weighted by atomic mass is 31.2. The number of benzene rings is 4. The van der Waals surface area contributed by atoms with Gasteiger partial charge in [-0.05, 0) is 50.0 Å². The van der Waals surface area contributed by atoms with E-state index in [4.69, 9.17) is 33.1 Å². The van der Waals surface area contributed by atoms with Crippen LogP contribution in [0.15, 0.2) is 92.8 Å². The number of anilines is 2. The van der Waals surface area contributed by atoms with Crippen LogP contribution in [0.4, 0.5) is 11.4 Å². The number of ether oxygens (including phenoxy) is 5. The Labute approximate surface area is 497 Å². The molecule has 0 aliphatic carbocycles. The molecule has 3 aliphatic rings. The Morgan fingerprint density at radius 1 is 0.919 bits per heavy atom. The highest BCUT2D eigenvalue weighted by Crippen LogP contribution is 2.45. The summed E-state index contributed by atoms with van der Waals surface area (Å²) in [6.45, 7) is 24.4. The van der Waals surface area contributed by atoms with Crippen molar-refractivity contribution in [1.82, 2.24) is 4.98 Å². The molecule has 0 spiro atoms. The number of aliphatic hydroxyl groups is 3. The Bertz CT molecular complexity index is 3900. The van der Waals surface area contributed by atoms with Gasteiger partial charge in [0.2, 0.25) is 18.2 Å². The van der Waals surface area contributed by atoms with Crippen molar-refractivity contribution in [2.24, 2.45) is 29.6 Å². The molecule has 4 heterocycles. The maximum Gasteiger partial charge on any atom is 0.308 e. The van der Waals surface area contributed by atoms with Gasteiger partial charge in [0, 0.05) is 122 Å². The molecule has 86 heavy (non-hydrogen) atoms. The van der Waals surface area contributed by atoms with E-state index in [0.717, 1.165) is 0 Å². The molecule has 3 aliphatic heterocycles. The Morgan fingerprint density at radius 2 is 1.60 bits per heavy atom. The average molecular weight is 1210 g/mol. The molecule has 0 radical (unpaired) electrons. The smallest absolute Gasteiger partial charge is 0.308 e. The lowest BCUT2D eigenvalue weighted by molar-refractivity contribution is -0.158. The Balaban J connectivity index is 1.17. The first-order valence-corrected chi connectivity index (χ1v) is 30.4. The first-order chi connectivity index (χ1) is 40.3. The van der Waals surface area contributed by atoms with Gasteiger partial charge in [0.25, 0.3) is 5.91 Å². The van der Waals surface area contributed by atoms with Crippen LogP contribution in [-0.4, -0.2) is 104 Å². The number of carbonyl (C=O) groups excluding carboxylic acids is 4. The van der Waals surface area contributed by atoms with E-state index in [1.807, 2.05) is 32.6 Å². The Hall–Kier alpha value is -7.84. The molecule has 1 aromatic heterocycles. The van der Waals surface area contributed by atoms with Crippen LogP contribution in [0.2, 0.25) is 0 Å². The molecule has 0 saturated carbocycles. The number of amides is 1. The van der Waals surface area contributed by atoms with Crippen LogP contribution in [0.5, 0.6) is 17.2 Å². The molecule has 21 nitrogen and oxygen atoms in total. The highest BCUT2D eigenvalue weighted by molar-refractivity contribution is 7.66. The number of aromatic nitrogens is 1. The number of phenols is 1. The van der Waals surface area contributed by atoms with Crippen LogP contribution in [-0.2, 0) is 43.4 Å². The van der Waals surface area contributed by atoms with Gasteiger partial charge in [-0.15, -0.1) is 0 Å². The third kappa shape index (κ3) is 12.7. The normalized spacial score (nSPS) is 26.5. The average Bonchev–Trinajstić information content (AvgIpc) is 1.36. The molecule has 8 rings (SSSR count). The molecule has 5 bridgehead atoms. The zero-order chi connectivity index (χ0) is 63.2. The minimum Gasteiger partial charge on any atom is -0.507 e. The van der Waals surface area contributed by atoms with Crippen LogP contribution in [0.1, 0.15) is 107 Å². The first kappa shape index (κ1) is 64.2. The number of nitrogens with one attached hydrogen (secondary N) is 1. The summed E-state index contributed by atoms with van der Waals surface area (Å²) in [5, 5.41) is 49.5. The van der Waals surface area contributed by atoms with Crippen LogP contribution >= 0.6 is 7.37 Å². The minimum absolute atomic E-state index is 0.0276. The summed E-state index contributed by atoms with van der Waals surface area (Å²) in [6, 6.07) is 7.23. The predicted molar refractivity (Wildman–Crippen MR) is 325 cm³/mol. The van der Waals surface area contributed by atoms with Crippen LogP contribution in [0.3, 0.4) is 0 Å². The van der Waals surface area contributed by atoms with Gasteiger partial charge < -0.3 is 68.4 Å². The highest BCUT2D eigenvalue weighted by Gasteiger charge is 2.44. The maximum absolute atomic E-state index is 15.1. The second-order valence-corrected chi connectivity index (χ2v) is 26.2. The zero-order valence-electron chi connectivity index (χ0n) is 50.4. The van der Waals surface area contributed by atoms with E-state index in [-0.39, 0.29) is 78.7 Å². The molecule has 6 N–H and O–H groups in total. The summed E-state index contributed by atoms with van der Waals surface area (Å²) < 4.78 is 49.8. The Morgan fingerprint density at radius 3 is 2.26 bits per heavy atom. The van der Waals surface area contributed by atoms with Crippen molar-refractivity contribution >= 4 is 86.9 Å². The zero-order valence-corrected chi connectivity index (χ0v) is 51.3. The van der Waals surface area contributed by atoms with Gasteiger partial charge >= 0.3 is 17.7 Å². The van der Waals surface area contributed by atoms with Gasteiger partial charge in [-0.25, -0.2) is 4.98 Å². The van der Waals surface area contributed by atoms with Gasteiger partial charge in [0.1, 0.15) is 46.9 Å². The van der Waals surface area contributed by atoms with E-state index in [9.17, 15) is 53.9 Å². The Kier molecular flexibility index (Phi) is 18.6. The second kappa shape index (κ2) is 24.9. The monoisotopic (exact) mass is 1210 g/mol. The lowest BCUT2D eigenvalue weighted by atomic mass is 9.77. The van der Waals surface area contributed by atoms with E-state index in [0.29, 0.717) is 49.2 Å². The number of aliphatic hydroxyl groups excluding tert-OH is 3. The largest absolute Gasteiger partial charge is 0.507 e. The van der Waals surface area contributed by atoms with Crippen LogP contribution in [0.25, 0.3) is 38.7 Å². The molecular weight excluding hydrogens is 1130 g/mol. The topological polar surface area (TPSA) is 308 Å². The van der Waals surface area contributed by atoms with E-state index >= 15 is 4.79 Å². The van der Waals surface area contributed by atoms with Crippen molar-refractivity contribution in [3.63, 3.8) is 0 Å². The van der Waals surface area contributed by atoms with Crippen molar-refractivity contribution in [1.29, 1.82) is 0 Å². The molecule has 10 atom stereocenters. The second-order valence-electron chi connectivity index (χ2n) is 23.9. The number of hydrogen-bond donors (Lipinski definition) is 6. The van der Waals surface area contributed by atoms with E-state index in [1.165, 1.54) is 71.2 Å². The summed E-state index contributed by atoms with van der Waals surface area (Å²) in [5.74, 6) is -7.29. The first-order valence-electron chi connectivity index (χ1n) is 28.6. The SMILES string of the molecule is C=C(CC(C)(C)c1cc(P(=O)(O)CC=O)ccc1OC(C)=O)OC1CCN(c2cc(=O)c3nc4c(oc3c2)c2c(=O)c3c(O)c(C)c5c(c34)=C(O)[C@@](C)(O/C=C/[C@H](C)[C@@H](C)[C@@H](OC(C)=O)[C@H](C)[C@H](O)[C@H](C)[C@@H](O)[C@@H](C)/C=C/C=C(/C)C(=O)N2)O5)CC1. The maximum atomic E-state index is 15.1. The van der Waals surface area contributed by atoms with Gasteiger partial charge in [0.15, 0.2) is 22.4 Å². The minimum atomic E-state index is -4.05. The number of nitrogens with zero attached hydrogens (tertiary/aromatic N) is 2. The third-order valence-corrected chi connectivity index (χ3v) is 18.8. The molecule has 4 aromatic carbocycles. The van der Waals surface area contributed by atoms with Gasteiger partial charge in [0.05, 0.1) is 41.0 Å². The van der Waals surface area contributed by atoms with Crippen molar-refractivity contribution in [2.75, 3.05) is 29.5 Å². The summed E-state index contributed by atoms with van der Waals surface area (Å²) >= 11 is 0. The van der Waals surface area contributed by atoms with Crippen LogP contribution < -0.4 is 41.1 Å². The van der Waals surface area contributed by atoms with E-state index < -0.39 is 119 Å². The van der Waals surface area contributed by atoms with Gasteiger partial charge in [-0.1, -0.05) is 73.3 Å². The van der Waals surface area contributed by atoms with E-state index in [2.05, 4.69) is 11.9 Å². The van der Waals surface area contributed by atoms with Crippen LogP contribution in [0, 0.1) is 36.5 Å². The molecule has 460 valence electrons. The number of phenolic OH excluding ortho intramolecular Hbond substituents is 1. The van der Waals surface area contributed by atoms with E-state index in [1.54, 1.807) is 45.1 Å². The molecule has 1 amide bonds. The predicted octanol–water partition coefficient (Wildman–Crippen LogP) is 8.07. The number of aromatic hydroxyl groups is 1. The summed E-state index contributed by atoms with van der Waals surface area (Å²) in [6.07, 6.45) is 5.21. The van der Waals surface area contributed by atoms with Crippen molar-refractivity contribution < 1.29 is 77.2 Å². The van der Waals surface area contributed by atoms with Crippen molar-refractivity contribution in [3.05, 3.63) is 116 Å². The lowest BCUT2D eigenvalue weighted by Crippen LogP contribution is -2.45. The molecule has 1 saturated heterocycles. The quantitative estimate of drug-likeness (QED) is 0.0138. The standard InChI is InChI=1S/C64H76N3O18P/c1-31-21-25-80-64(13)61(76)50-48-49(56(74)38(8)59(50)85-64)57(75)53(66-62(77)33(3)16-14-15-32(2)54(72)36(6)55(73)37(7)58(35(31)5)83-40(10)70)60-52(48)65-51-45(71)27-41(28-47(51)84-60)67-22-19-42(20-23-67)81-34(4)30-63(11,12)44-29-43(86(78,79)26-24-68)17-18-46(44)82-39(9)69/h14-18,21,24-25,27-29,31-32,35-37,42,54-55,58,72-74,76H,4,19-20,22-23,26,30H2,1-3,5-13H3,(H,66,77)(H,78,79)/b15-14+,25-21+,33-16-/t31-,32-,35+,36+,37+,54-,55+,58+,64-/m0/s1. The third-order valence-electron chi connectivity index (χ3n) is 17.0. The van der Waals surface area contributed by atoms with Crippen molar-refractivity contribution in [2.45, 2.75) is 138 Å². The molecule has 1 unspecified atom stereocenters. The number of allylic oxidation sites excluding steroid dienone is 4. The number of piperidine rings is 1. The fourth-order valence-electron chi connectivity index (χ4n) is 11.7. The fraction of sp³-hybridized carbons (Fsp3) is 0.453. The number of hydrogen-bond acceptors (Lipinski definition) is 19. The molecular formula is C64H76N3O18P. The summed E-state index contributed by atoms with van der Waals surface area (Å²) in [5.41, 5.74) is -2.54. The number of esters is 2. The number of fused-ring (bicyclic) bond motifs is 5. The van der Waals surface area contributed by atoms with Gasteiger partial charge in [-0.3, -0.25) is 28.5 Å². The van der Waals surface area contributed by atoms with Crippen molar-refractivity contribution in [3.8, 4) is 17.2 Å². The number of rotatable bonds is 11. The van der Waals surface area contributed by atoms with Gasteiger partial charge in [-0.2, -0.15) is 0 Å². The molecule has 5 aromatic rings. The number of aldehydes is 1. The number of carbonyl (C=O) groups is 4. The molecule has 22 heteroatoms. The lowest BCUT2D eigenvalue weighted by Gasteiger charge is -2.37. The summed E-state index contributed by atoms with van der Waals surface area (Å²) in [4.78, 5) is 96.9. The fourth-order valence-corrected chi connectivity index (χ4v) is 12.8. The summed E-state index contributed by atoms with van der Waals surface area (Å²) in [7, 11) is -4.05. The molecule has 1 fully saturated rings.